The van der Waals surface area contributed by atoms with E-state index in [1.165, 1.54) is 25.2 Å². The maximum Gasteiger partial charge on any atom is 0.573 e. The third-order valence-electron chi connectivity index (χ3n) is 2.65. The Morgan fingerprint density at radius 2 is 1.84 bits per heavy atom. The molecule has 1 rings (SSSR count). The van der Waals surface area contributed by atoms with E-state index in [1.54, 1.807) is 6.07 Å². The van der Waals surface area contributed by atoms with Crippen LogP contribution in [0, 0.1) is 0 Å². The van der Waals surface area contributed by atoms with Crippen LogP contribution in [0.3, 0.4) is 0 Å². The lowest BCUT2D eigenvalue weighted by Crippen LogP contribution is -2.41. The third-order valence-corrected chi connectivity index (χ3v) is 3.38. The molecule has 0 saturated carbocycles. The smallest absolute Gasteiger partial charge is 0.405 e. The van der Waals surface area contributed by atoms with E-state index < -0.39 is 16.4 Å². The van der Waals surface area contributed by atoms with Crippen molar-refractivity contribution in [1.29, 1.82) is 0 Å². The lowest BCUT2D eigenvalue weighted by Gasteiger charge is -2.15. The Balaban J connectivity index is 0.00000576. The van der Waals surface area contributed by atoms with Gasteiger partial charge in [0.25, 0.3) is 0 Å². The fourth-order valence-electron chi connectivity index (χ4n) is 1.69. The normalized spacial score (nSPS) is 12.3. The summed E-state index contributed by atoms with van der Waals surface area (Å²) in [7, 11) is -1.80. The Morgan fingerprint density at radius 1 is 1.20 bits per heavy atom. The molecular weight excluding hydrogens is 476 g/mol. The molecular formula is C13H20F3IN4O3S. The summed E-state index contributed by atoms with van der Waals surface area (Å²) in [5.74, 6) is 0.0128. The van der Waals surface area contributed by atoms with Gasteiger partial charge in [-0.15, -0.1) is 37.1 Å². The molecule has 3 N–H and O–H groups in total. The second-order valence-corrected chi connectivity index (χ2v) is 6.51. The molecule has 7 nitrogen and oxygen atoms in total. The number of alkyl halides is 3. The molecule has 144 valence electrons. The molecule has 0 amide bonds. The molecule has 0 aromatic heterocycles. The maximum atomic E-state index is 12.4. The number of para-hydroxylation sites is 1. The number of benzene rings is 1. The Hall–Kier alpha value is -1.28. The van der Waals surface area contributed by atoms with E-state index in [4.69, 9.17) is 0 Å². The molecule has 0 heterocycles. The van der Waals surface area contributed by atoms with Crippen molar-refractivity contribution in [1.82, 2.24) is 15.4 Å². The van der Waals surface area contributed by atoms with Gasteiger partial charge in [0.15, 0.2) is 5.96 Å². The van der Waals surface area contributed by atoms with Gasteiger partial charge in [0.05, 0.1) is 6.26 Å². The highest BCUT2D eigenvalue weighted by Crippen LogP contribution is 2.25. The predicted octanol–water partition coefficient (Wildman–Crippen LogP) is 1.42. The zero-order valence-electron chi connectivity index (χ0n) is 13.6. The molecule has 0 saturated heterocycles. The fraction of sp³-hybridized carbons (Fsp3) is 0.462. The molecule has 0 bridgehead atoms. The zero-order valence-corrected chi connectivity index (χ0v) is 16.7. The van der Waals surface area contributed by atoms with Gasteiger partial charge in [0.1, 0.15) is 5.75 Å². The van der Waals surface area contributed by atoms with Crippen LogP contribution in [0.25, 0.3) is 0 Å². The minimum absolute atomic E-state index is 0. The van der Waals surface area contributed by atoms with E-state index in [9.17, 15) is 21.6 Å². The van der Waals surface area contributed by atoms with Crippen LogP contribution in [0.4, 0.5) is 13.2 Å². The van der Waals surface area contributed by atoms with Crippen LogP contribution >= 0.6 is 24.0 Å². The Morgan fingerprint density at radius 3 is 2.40 bits per heavy atom. The number of rotatable bonds is 7. The summed E-state index contributed by atoms with van der Waals surface area (Å²) in [6, 6.07) is 5.74. The van der Waals surface area contributed by atoms with Crippen LogP contribution in [0.2, 0.25) is 0 Å². The Bertz CT molecular complexity index is 669. The number of halogens is 4. The maximum absolute atomic E-state index is 12.4. The average molecular weight is 496 g/mol. The Kier molecular flexibility index (Phi) is 10.1. The molecule has 0 unspecified atom stereocenters. The molecule has 1 aromatic rings. The summed E-state index contributed by atoms with van der Waals surface area (Å²) >= 11 is 0. The lowest BCUT2D eigenvalue weighted by atomic mass is 10.2. The van der Waals surface area contributed by atoms with Crippen molar-refractivity contribution in [2.24, 2.45) is 4.99 Å². The van der Waals surface area contributed by atoms with Crippen LogP contribution in [0.5, 0.6) is 5.75 Å². The molecule has 0 aliphatic carbocycles. The number of hydrogen-bond donors (Lipinski definition) is 3. The zero-order chi connectivity index (χ0) is 18.2. The van der Waals surface area contributed by atoms with Crippen molar-refractivity contribution < 1.29 is 26.3 Å². The second kappa shape index (κ2) is 10.7. The molecule has 0 atom stereocenters. The van der Waals surface area contributed by atoms with Crippen molar-refractivity contribution in [3.63, 3.8) is 0 Å². The molecule has 1 aromatic carbocycles. The van der Waals surface area contributed by atoms with Crippen LogP contribution < -0.4 is 20.1 Å². The predicted molar refractivity (Wildman–Crippen MR) is 99.6 cm³/mol. The molecule has 12 heteroatoms. The highest BCUT2D eigenvalue weighted by molar-refractivity contribution is 14.0. The SMILES string of the molecule is CN=C(NCCNS(C)(=O)=O)NCc1ccccc1OC(F)(F)F.I. The van der Waals surface area contributed by atoms with Crippen molar-refractivity contribution in [3.8, 4) is 5.75 Å². The highest BCUT2D eigenvalue weighted by Gasteiger charge is 2.31. The monoisotopic (exact) mass is 496 g/mol. The molecule has 0 aliphatic heterocycles. The van der Waals surface area contributed by atoms with E-state index in [2.05, 4.69) is 25.1 Å². The number of sulfonamides is 1. The summed E-state index contributed by atoms with van der Waals surface area (Å²) in [6.07, 6.45) is -3.73. The lowest BCUT2D eigenvalue weighted by molar-refractivity contribution is -0.274. The van der Waals surface area contributed by atoms with Crippen LogP contribution in [-0.2, 0) is 16.6 Å². The molecule has 0 fully saturated rings. The first-order valence-electron chi connectivity index (χ1n) is 6.83. The number of nitrogens with one attached hydrogen (secondary N) is 3. The third kappa shape index (κ3) is 11.0. The van der Waals surface area contributed by atoms with Crippen LogP contribution in [0.15, 0.2) is 29.3 Å². The Labute approximate surface area is 161 Å². The minimum atomic E-state index is -4.77. The minimum Gasteiger partial charge on any atom is -0.405 e. The molecule has 0 spiro atoms. The number of guanidine groups is 1. The van der Waals surface area contributed by atoms with E-state index in [1.807, 2.05) is 0 Å². The summed E-state index contributed by atoms with van der Waals surface area (Å²) in [5.41, 5.74) is 0.298. The van der Waals surface area contributed by atoms with Gasteiger partial charge in [-0.1, -0.05) is 18.2 Å². The first kappa shape index (κ1) is 23.7. The number of ether oxygens (including phenoxy) is 1. The van der Waals surface area contributed by atoms with Gasteiger partial charge in [-0.25, -0.2) is 13.1 Å². The molecule has 0 radical (unpaired) electrons. The van der Waals surface area contributed by atoms with E-state index in [0.29, 0.717) is 11.5 Å². The van der Waals surface area contributed by atoms with Crippen LogP contribution in [-0.4, -0.2) is 47.1 Å². The second-order valence-electron chi connectivity index (χ2n) is 4.67. The van der Waals surface area contributed by atoms with Gasteiger partial charge >= 0.3 is 6.36 Å². The van der Waals surface area contributed by atoms with Crippen molar-refractivity contribution >= 4 is 40.0 Å². The van der Waals surface area contributed by atoms with E-state index >= 15 is 0 Å². The first-order valence-corrected chi connectivity index (χ1v) is 8.72. The van der Waals surface area contributed by atoms with Crippen molar-refractivity contribution in [3.05, 3.63) is 29.8 Å². The average Bonchev–Trinajstić information content (AvgIpc) is 2.45. The van der Waals surface area contributed by atoms with Crippen molar-refractivity contribution in [2.45, 2.75) is 12.9 Å². The van der Waals surface area contributed by atoms with Gasteiger partial charge in [-0.2, -0.15) is 0 Å². The van der Waals surface area contributed by atoms with Gasteiger partial charge in [0.2, 0.25) is 10.0 Å². The van der Waals surface area contributed by atoms with Gasteiger partial charge in [-0.3, -0.25) is 4.99 Å². The molecule has 0 aliphatic rings. The van der Waals surface area contributed by atoms with E-state index in [0.717, 1.165) is 6.26 Å². The van der Waals surface area contributed by atoms with Gasteiger partial charge in [-0.05, 0) is 6.07 Å². The summed E-state index contributed by atoms with van der Waals surface area (Å²) < 4.78 is 65.1. The first-order chi connectivity index (χ1) is 11.1. The summed E-state index contributed by atoms with van der Waals surface area (Å²) in [5, 5.41) is 5.65. The topological polar surface area (TPSA) is 91.8 Å². The quantitative estimate of drug-likeness (QED) is 0.230. The highest BCUT2D eigenvalue weighted by atomic mass is 127. The number of aliphatic imine (C=N–C) groups is 1. The van der Waals surface area contributed by atoms with Gasteiger partial charge in [0, 0.05) is 32.2 Å². The summed E-state index contributed by atoms with van der Waals surface area (Å²) in [6.45, 7) is 0.451. The van der Waals surface area contributed by atoms with Gasteiger partial charge < -0.3 is 15.4 Å². The fourth-order valence-corrected chi connectivity index (χ4v) is 2.16. The number of nitrogens with zero attached hydrogens (tertiary/aromatic N) is 1. The summed E-state index contributed by atoms with van der Waals surface area (Å²) in [4.78, 5) is 3.90. The van der Waals surface area contributed by atoms with Crippen molar-refractivity contribution in [2.75, 3.05) is 26.4 Å². The molecule has 25 heavy (non-hydrogen) atoms. The largest absolute Gasteiger partial charge is 0.573 e. The van der Waals surface area contributed by atoms with Crippen LogP contribution in [0.1, 0.15) is 5.56 Å². The number of hydrogen-bond acceptors (Lipinski definition) is 4. The van der Waals surface area contributed by atoms with E-state index in [-0.39, 0.29) is 49.4 Å². The standard InChI is InChI=1S/C13H19F3N4O3S.HI/c1-17-12(18-7-8-20-24(2,21)22)19-9-10-5-3-4-6-11(10)23-13(14,15)16;/h3-6,20H,7-9H2,1-2H3,(H2,17,18,19);1H.